The van der Waals surface area contributed by atoms with Crippen LogP contribution in [0, 0.1) is 0 Å². The zero-order valence-electron chi connectivity index (χ0n) is 9.98. The summed E-state index contributed by atoms with van der Waals surface area (Å²) in [6, 6.07) is 3.68. The Bertz CT molecular complexity index is 686. The number of hydrogen-bond acceptors (Lipinski definition) is 5. The Kier molecular flexibility index (Phi) is 3.38. The van der Waals surface area contributed by atoms with E-state index in [1.165, 1.54) is 12.1 Å². The third kappa shape index (κ3) is 2.44. The van der Waals surface area contributed by atoms with Crippen LogP contribution in [0.3, 0.4) is 0 Å². The van der Waals surface area contributed by atoms with Gasteiger partial charge in [0.15, 0.2) is 5.75 Å². The number of benzene rings is 1. The lowest BCUT2D eigenvalue weighted by atomic mass is 10.1. The summed E-state index contributed by atoms with van der Waals surface area (Å²) in [7, 11) is -4.88. The Morgan fingerprint density at radius 2 is 2.05 bits per heavy atom. The number of carboxylic acids is 1. The summed E-state index contributed by atoms with van der Waals surface area (Å²) in [4.78, 5) is 23.4. The molecule has 1 aromatic rings. The Balaban J connectivity index is 2.41. The molecule has 1 amide bonds. The molecule has 7 nitrogen and oxygen atoms in total. The third-order valence-electron chi connectivity index (χ3n) is 3.02. The van der Waals surface area contributed by atoms with Crippen LogP contribution >= 0.6 is 0 Å². The number of carboxylic acid groups (broad SMARTS) is 1. The lowest BCUT2D eigenvalue weighted by Crippen LogP contribution is -2.27. The fraction of sp³-hybridized carbons (Fsp3) is 0.273. The Morgan fingerprint density at radius 1 is 1.40 bits per heavy atom. The number of phenols is 1. The molecular weight excluding hydrogens is 293 g/mol. The molecule has 2 rings (SSSR count). The predicted octanol–water partition coefficient (Wildman–Crippen LogP) is 0.495. The van der Waals surface area contributed by atoms with Crippen LogP contribution in [0.1, 0.15) is 16.8 Å². The number of amides is 1. The molecule has 0 saturated carbocycles. The van der Waals surface area contributed by atoms with E-state index in [4.69, 9.17) is 5.11 Å². The van der Waals surface area contributed by atoms with E-state index in [2.05, 4.69) is 0 Å². The van der Waals surface area contributed by atoms with E-state index < -0.39 is 51.6 Å². The maximum atomic E-state index is 12.9. The number of rotatable bonds is 3. The molecule has 9 heteroatoms. The van der Waals surface area contributed by atoms with Crippen molar-refractivity contribution < 1.29 is 32.1 Å². The number of anilines is 1. The van der Waals surface area contributed by atoms with Gasteiger partial charge in [-0.2, -0.15) is 8.42 Å². The summed E-state index contributed by atoms with van der Waals surface area (Å²) in [5.74, 6) is -2.76. The monoisotopic (exact) mass is 303 g/mol. The topological polar surface area (TPSA) is 112 Å². The minimum Gasteiger partial charge on any atom is -0.505 e. The first kappa shape index (κ1) is 14.3. The second-order valence-electron chi connectivity index (χ2n) is 4.28. The van der Waals surface area contributed by atoms with E-state index in [-0.39, 0.29) is 5.69 Å². The number of nitrogens with zero attached hydrogens (tertiary/aromatic N) is 1. The maximum Gasteiger partial charge on any atom is 0.339 e. The van der Waals surface area contributed by atoms with Gasteiger partial charge in [0.2, 0.25) is 5.91 Å². The molecule has 20 heavy (non-hydrogen) atoms. The summed E-state index contributed by atoms with van der Waals surface area (Å²) >= 11 is 0. The van der Waals surface area contributed by atoms with Gasteiger partial charge in [0.1, 0.15) is 10.8 Å². The highest BCUT2D eigenvalue weighted by Gasteiger charge is 2.40. The minimum atomic E-state index is -4.88. The van der Waals surface area contributed by atoms with Gasteiger partial charge in [-0.15, -0.1) is 3.89 Å². The summed E-state index contributed by atoms with van der Waals surface area (Å²) in [6.07, 6.45) is -0.546. The van der Waals surface area contributed by atoms with Crippen LogP contribution in [0.2, 0.25) is 0 Å². The molecule has 0 aliphatic carbocycles. The first-order chi connectivity index (χ1) is 9.21. The highest BCUT2D eigenvalue weighted by Crippen LogP contribution is 2.34. The van der Waals surface area contributed by atoms with Gasteiger partial charge in [0, 0.05) is 13.0 Å². The Labute approximate surface area is 113 Å². The van der Waals surface area contributed by atoms with E-state index in [1.807, 2.05) is 0 Å². The van der Waals surface area contributed by atoms with E-state index in [1.54, 1.807) is 0 Å². The van der Waals surface area contributed by atoms with Gasteiger partial charge in [0.25, 0.3) is 0 Å². The van der Waals surface area contributed by atoms with E-state index in [0.717, 1.165) is 11.0 Å². The van der Waals surface area contributed by atoms with Crippen molar-refractivity contribution in [3.05, 3.63) is 23.8 Å². The van der Waals surface area contributed by atoms with Gasteiger partial charge in [-0.25, -0.2) is 4.79 Å². The number of aromatic carboxylic acids is 1. The zero-order valence-corrected chi connectivity index (χ0v) is 10.8. The van der Waals surface area contributed by atoms with Crippen LogP contribution in [0.4, 0.5) is 9.57 Å². The minimum absolute atomic E-state index is 0.152. The lowest BCUT2D eigenvalue weighted by Gasteiger charge is -2.18. The van der Waals surface area contributed by atoms with Gasteiger partial charge in [-0.05, 0) is 12.1 Å². The van der Waals surface area contributed by atoms with Crippen molar-refractivity contribution in [3.8, 4) is 5.75 Å². The SMILES string of the molecule is O=C(O)c1cccc(N2CC(S(=O)(=O)F)CC2=O)c1O. The van der Waals surface area contributed by atoms with Crippen molar-refractivity contribution in [1.82, 2.24) is 0 Å². The molecule has 1 heterocycles. The summed E-state index contributed by atoms with van der Waals surface area (Å²) in [5.41, 5.74) is -0.581. The molecule has 1 aliphatic rings. The number of para-hydroxylation sites is 1. The van der Waals surface area contributed by atoms with E-state index >= 15 is 0 Å². The number of carbonyl (C=O) groups is 2. The standard InChI is InChI=1S/C11H10FNO6S/c12-20(18,19)6-4-9(14)13(5-6)8-3-1-2-7(10(8)15)11(16)17/h1-3,6,15H,4-5H2,(H,16,17). The summed E-state index contributed by atoms with van der Waals surface area (Å²) in [5, 5.41) is 17.2. The molecule has 108 valence electrons. The normalized spacial score (nSPS) is 19.4. The lowest BCUT2D eigenvalue weighted by molar-refractivity contribution is -0.117. The van der Waals surface area contributed by atoms with Crippen molar-refractivity contribution in [2.45, 2.75) is 11.7 Å². The molecule has 0 radical (unpaired) electrons. The molecule has 0 bridgehead atoms. The Morgan fingerprint density at radius 3 is 2.55 bits per heavy atom. The predicted molar refractivity (Wildman–Crippen MR) is 65.9 cm³/mol. The van der Waals surface area contributed by atoms with Crippen LogP contribution < -0.4 is 4.90 Å². The van der Waals surface area contributed by atoms with Crippen molar-refractivity contribution in [2.24, 2.45) is 0 Å². The molecule has 1 fully saturated rings. The van der Waals surface area contributed by atoms with Crippen LogP contribution in [0.25, 0.3) is 0 Å². The summed E-state index contributed by atoms with van der Waals surface area (Å²) in [6.45, 7) is -0.464. The van der Waals surface area contributed by atoms with Gasteiger partial charge in [0.05, 0.1) is 5.69 Å². The van der Waals surface area contributed by atoms with Gasteiger partial charge >= 0.3 is 16.2 Å². The maximum absolute atomic E-state index is 12.9. The molecule has 0 aromatic heterocycles. The smallest absolute Gasteiger partial charge is 0.339 e. The molecule has 1 atom stereocenters. The van der Waals surface area contributed by atoms with Crippen LogP contribution in [0.15, 0.2) is 18.2 Å². The van der Waals surface area contributed by atoms with Crippen LogP contribution in [-0.4, -0.2) is 42.3 Å². The molecule has 1 unspecified atom stereocenters. The second kappa shape index (κ2) is 4.75. The molecule has 1 aromatic carbocycles. The van der Waals surface area contributed by atoms with E-state index in [0.29, 0.717) is 0 Å². The quantitative estimate of drug-likeness (QED) is 0.786. The average molecular weight is 303 g/mol. The first-order valence-corrected chi connectivity index (χ1v) is 6.95. The number of halogens is 1. The molecule has 0 spiro atoms. The van der Waals surface area contributed by atoms with Crippen LogP contribution in [-0.2, 0) is 15.0 Å². The van der Waals surface area contributed by atoms with Crippen molar-refractivity contribution in [2.75, 3.05) is 11.4 Å². The average Bonchev–Trinajstić information content (AvgIpc) is 2.71. The van der Waals surface area contributed by atoms with Crippen LogP contribution in [0.5, 0.6) is 5.75 Å². The molecule has 1 saturated heterocycles. The Hall–Kier alpha value is -2.16. The van der Waals surface area contributed by atoms with Gasteiger partial charge in [-0.3, -0.25) is 4.79 Å². The molecule has 1 aliphatic heterocycles. The fourth-order valence-electron chi connectivity index (χ4n) is 2.02. The number of hydrogen-bond donors (Lipinski definition) is 2. The first-order valence-electron chi connectivity index (χ1n) is 5.51. The van der Waals surface area contributed by atoms with Gasteiger partial charge < -0.3 is 15.1 Å². The molecule has 2 N–H and O–H groups in total. The highest BCUT2D eigenvalue weighted by atomic mass is 32.3. The third-order valence-corrected chi connectivity index (χ3v) is 4.14. The van der Waals surface area contributed by atoms with Gasteiger partial charge in [-0.1, -0.05) is 6.07 Å². The van der Waals surface area contributed by atoms with Crippen molar-refractivity contribution >= 4 is 27.8 Å². The zero-order chi connectivity index (χ0) is 15.1. The number of aromatic hydroxyl groups is 1. The highest BCUT2D eigenvalue weighted by molar-refractivity contribution is 7.87. The largest absolute Gasteiger partial charge is 0.505 e. The second-order valence-corrected chi connectivity index (χ2v) is 5.90. The number of carbonyl (C=O) groups excluding carboxylic acids is 1. The van der Waals surface area contributed by atoms with Crippen molar-refractivity contribution in [3.63, 3.8) is 0 Å². The summed E-state index contributed by atoms with van der Waals surface area (Å²) < 4.78 is 34.5. The molecular formula is C11H10FNO6S. The van der Waals surface area contributed by atoms with Crippen molar-refractivity contribution in [1.29, 1.82) is 0 Å². The fourth-order valence-corrected chi connectivity index (χ4v) is 2.69. The van der Waals surface area contributed by atoms with E-state index in [9.17, 15) is 27.0 Å².